The summed E-state index contributed by atoms with van der Waals surface area (Å²) in [7, 11) is 0. The van der Waals surface area contributed by atoms with Crippen molar-refractivity contribution >= 4 is 11.6 Å². The minimum absolute atomic E-state index is 0.0590. The highest BCUT2D eigenvalue weighted by Crippen LogP contribution is 2.06. The molecule has 0 unspecified atom stereocenters. The predicted molar refractivity (Wildman–Crippen MR) is 49.0 cm³/mol. The molecule has 0 aliphatic heterocycles. The molecule has 0 aromatic carbocycles. The second-order valence-corrected chi connectivity index (χ2v) is 3.54. The van der Waals surface area contributed by atoms with Crippen molar-refractivity contribution in [3.8, 4) is 0 Å². The van der Waals surface area contributed by atoms with Crippen LogP contribution in [0.5, 0.6) is 0 Å². The van der Waals surface area contributed by atoms with Crippen LogP contribution >= 0.6 is 0 Å². The van der Waals surface area contributed by atoms with Crippen LogP contribution in [0, 0.1) is 5.92 Å². The van der Waals surface area contributed by atoms with Gasteiger partial charge in [0, 0.05) is 12.8 Å². The smallest absolute Gasteiger partial charge is 0.140 e. The third-order valence-corrected chi connectivity index (χ3v) is 1.79. The molecular formula is C10H18O2. The number of rotatable bonds is 6. The zero-order chi connectivity index (χ0) is 9.56. The Kier molecular flexibility index (Phi) is 5.60. The molecule has 70 valence electrons. The summed E-state index contributed by atoms with van der Waals surface area (Å²) in [6.45, 7) is 5.95. The van der Waals surface area contributed by atoms with Crippen molar-refractivity contribution < 1.29 is 9.59 Å². The van der Waals surface area contributed by atoms with E-state index in [1.165, 1.54) is 0 Å². The molecule has 2 nitrogen and oxygen atoms in total. The van der Waals surface area contributed by atoms with E-state index in [9.17, 15) is 9.59 Å². The lowest BCUT2D eigenvalue weighted by Gasteiger charge is -2.02. The van der Waals surface area contributed by atoms with E-state index in [0.717, 1.165) is 6.42 Å². The maximum atomic E-state index is 11.1. The van der Waals surface area contributed by atoms with Gasteiger partial charge in [-0.05, 0) is 12.3 Å². The Hall–Kier alpha value is -0.660. The Morgan fingerprint density at radius 3 is 2.17 bits per heavy atom. The summed E-state index contributed by atoms with van der Waals surface area (Å²) in [5.41, 5.74) is 0. The molecule has 0 heterocycles. The number of Topliss-reactive ketones (excluding diaryl/α,β-unsaturated/α-hetero) is 2. The second-order valence-electron chi connectivity index (χ2n) is 3.54. The first-order chi connectivity index (χ1) is 5.56. The van der Waals surface area contributed by atoms with E-state index < -0.39 is 0 Å². The molecular weight excluding hydrogens is 152 g/mol. The van der Waals surface area contributed by atoms with Gasteiger partial charge in [-0.25, -0.2) is 0 Å². The Balaban J connectivity index is 3.53. The molecule has 2 heteroatoms. The molecule has 0 N–H and O–H groups in total. The van der Waals surface area contributed by atoms with E-state index >= 15 is 0 Å². The highest BCUT2D eigenvalue weighted by Gasteiger charge is 2.07. The molecule has 0 fully saturated rings. The summed E-state index contributed by atoms with van der Waals surface area (Å²) in [4.78, 5) is 21.9. The van der Waals surface area contributed by atoms with Crippen LogP contribution in [0.2, 0.25) is 0 Å². The zero-order valence-electron chi connectivity index (χ0n) is 8.22. The van der Waals surface area contributed by atoms with Gasteiger partial charge in [-0.3, -0.25) is 9.59 Å². The minimum Gasteiger partial charge on any atom is -0.299 e. The maximum absolute atomic E-state index is 11.1. The van der Waals surface area contributed by atoms with Gasteiger partial charge in [0.15, 0.2) is 0 Å². The summed E-state index contributed by atoms with van der Waals surface area (Å²) >= 11 is 0. The molecule has 0 aromatic heterocycles. The van der Waals surface area contributed by atoms with Gasteiger partial charge < -0.3 is 0 Å². The fourth-order valence-electron chi connectivity index (χ4n) is 0.883. The minimum atomic E-state index is 0.0590. The van der Waals surface area contributed by atoms with Gasteiger partial charge in [0.1, 0.15) is 11.6 Å². The lowest BCUT2D eigenvalue weighted by molar-refractivity contribution is -0.126. The SMILES string of the molecule is CCC(=O)CC(=O)CCC(C)C. The second kappa shape index (κ2) is 5.92. The third kappa shape index (κ3) is 6.08. The Labute approximate surface area is 74.3 Å². The molecule has 0 radical (unpaired) electrons. The van der Waals surface area contributed by atoms with Crippen molar-refractivity contribution in [1.82, 2.24) is 0 Å². The maximum Gasteiger partial charge on any atom is 0.140 e. The number of hydrogen-bond donors (Lipinski definition) is 0. The molecule has 0 spiro atoms. The summed E-state index contributed by atoms with van der Waals surface area (Å²) in [6.07, 6.45) is 2.08. The predicted octanol–water partition coefficient (Wildman–Crippen LogP) is 2.36. The zero-order valence-corrected chi connectivity index (χ0v) is 8.22. The van der Waals surface area contributed by atoms with Crippen molar-refractivity contribution in [2.24, 2.45) is 5.92 Å². The van der Waals surface area contributed by atoms with Crippen molar-refractivity contribution in [2.75, 3.05) is 0 Å². The van der Waals surface area contributed by atoms with Crippen LogP contribution in [0.3, 0.4) is 0 Å². The molecule has 0 aromatic rings. The Bertz CT molecular complexity index is 159. The molecule has 0 bridgehead atoms. The largest absolute Gasteiger partial charge is 0.299 e. The number of hydrogen-bond acceptors (Lipinski definition) is 2. The van der Waals surface area contributed by atoms with Gasteiger partial charge in [0.2, 0.25) is 0 Å². The summed E-state index contributed by atoms with van der Waals surface area (Å²) in [6, 6.07) is 0. The van der Waals surface area contributed by atoms with E-state index in [4.69, 9.17) is 0 Å². The fraction of sp³-hybridized carbons (Fsp3) is 0.800. The van der Waals surface area contributed by atoms with Crippen LogP contribution in [0.25, 0.3) is 0 Å². The van der Waals surface area contributed by atoms with Crippen LogP contribution in [-0.4, -0.2) is 11.6 Å². The molecule has 0 aliphatic rings. The molecule has 0 amide bonds. The van der Waals surface area contributed by atoms with Gasteiger partial charge in [0.25, 0.3) is 0 Å². The number of ketones is 2. The monoisotopic (exact) mass is 170 g/mol. The Morgan fingerprint density at radius 2 is 1.75 bits per heavy atom. The highest BCUT2D eigenvalue weighted by molar-refractivity contribution is 5.98. The van der Waals surface area contributed by atoms with Gasteiger partial charge in [-0.15, -0.1) is 0 Å². The first-order valence-corrected chi connectivity index (χ1v) is 4.59. The first-order valence-electron chi connectivity index (χ1n) is 4.59. The van der Waals surface area contributed by atoms with Crippen molar-refractivity contribution in [2.45, 2.75) is 46.5 Å². The average molecular weight is 170 g/mol. The van der Waals surface area contributed by atoms with E-state index in [2.05, 4.69) is 13.8 Å². The van der Waals surface area contributed by atoms with Crippen molar-refractivity contribution in [1.29, 1.82) is 0 Å². The third-order valence-electron chi connectivity index (χ3n) is 1.79. The quantitative estimate of drug-likeness (QED) is 0.573. The summed E-state index contributed by atoms with van der Waals surface area (Å²) in [5, 5.41) is 0. The van der Waals surface area contributed by atoms with Crippen LogP contribution in [0.15, 0.2) is 0 Å². The Morgan fingerprint density at radius 1 is 1.17 bits per heavy atom. The molecule has 0 saturated carbocycles. The van der Waals surface area contributed by atoms with E-state index in [-0.39, 0.29) is 18.0 Å². The normalized spacial score (nSPS) is 10.3. The van der Waals surface area contributed by atoms with Gasteiger partial charge in [-0.1, -0.05) is 20.8 Å². The summed E-state index contributed by atoms with van der Waals surface area (Å²) in [5.74, 6) is 0.699. The fourth-order valence-corrected chi connectivity index (χ4v) is 0.883. The van der Waals surface area contributed by atoms with Crippen LogP contribution in [0.4, 0.5) is 0 Å². The van der Waals surface area contributed by atoms with Crippen molar-refractivity contribution in [3.05, 3.63) is 0 Å². The van der Waals surface area contributed by atoms with Gasteiger partial charge in [0.05, 0.1) is 6.42 Å². The van der Waals surface area contributed by atoms with E-state index in [1.54, 1.807) is 6.92 Å². The van der Waals surface area contributed by atoms with Crippen LogP contribution in [0.1, 0.15) is 46.5 Å². The van der Waals surface area contributed by atoms with Crippen LogP contribution < -0.4 is 0 Å². The van der Waals surface area contributed by atoms with Gasteiger partial charge in [-0.2, -0.15) is 0 Å². The lowest BCUT2D eigenvalue weighted by atomic mass is 10.0. The number of carbonyl (C=O) groups excluding carboxylic acids is 2. The lowest BCUT2D eigenvalue weighted by Crippen LogP contribution is -2.07. The first kappa shape index (κ1) is 11.3. The average Bonchev–Trinajstić information content (AvgIpc) is 2.00. The van der Waals surface area contributed by atoms with Gasteiger partial charge >= 0.3 is 0 Å². The standard InChI is InChI=1S/C10H18O2/c1-4-9(11)7-10(12)6-5-8(2)3/h8H,4-7H2,1-3H3. The van der Waals surface area contributed by atoms with Crippen molar-refractivity contribution in [3.63, 3.8) is 0 Å². The molecule has 0 atom stereocenters. The molecule has 0 rings (SSSR count). The van der Waals surface area contributed by atoms with E-state index in [0.29, 0.717) is 18.8 Å². The highest BCUT2D eigenvalue weighted by atomic mass is 16.1. The topological polar surface area (TPSA) is 34.1 Å². The number of carbonyl (C=O) groups is 2. The summed E-state index contributed by atoms with van der Waals surface area (Å²) < 4.78 is 0. The van der Waals surface area contributed by atoms with E-state index in [1.807, 2.05) is 0 Å². The molecule has 0 aliphatic carbocycles. The molecule has 0 saturated heterocycles. The van der Waals surface area contributed by atoms with Crippen LogP contribution in [-0.2, 0) is 9.59 Å². The molecule has 12 heavy (non-hydrogen) atoms.